The van der Waals surface area contributed by atoms with Crippen LogP contribution in [0.25, 0.3) is 0 Å². The minimum absolute atomic E-state index is 0.111. The molecule has 2 amide bonds. The van der Waals surface area contributed by atoms with E-state index in [1.165, 1.54) is 24.3 Å². The topological polar surface area (TPSA) is 64.7 Å². The van der Waals surface area contributed by atoms with Crippen LogP contribution < -0.4 is 15.5 Å². The maximum Gasteiger partial charge on any atom is 0.257 e. The number of thiocarbonyl (C=S) groups is 1. The van der Waals surface area contributed by atoms with Crippen molar-refractivity contribution in [3.63, 3.8) is 0 Å². The third kappa shape index (κ3) is 5.46. The second-order valence-corrected chi connectivity index (χ2v) is 7.62. The molecule has 0 atom stereocenters. The number of hydrogen-bond donors (Lipinski definition) is 2. The van der Waals surface area contributed by atoms with Gasteiger partial charge in [0, 0.05) is 43.9 Å². The quantitative estimate of drug-likeness (QED) is 0.699. The van der Waals surface area contributed by atoms with Gasteiger partial charge in [-0.2, -0.15) is 0 Å². The van der Waals surface area contributed by atoms with Gasteiger partial charge in [-0.25, -0.2) is 4.39 Å². The first-order chi connectivity index (χ1) is 14.4. The molecule has 30 heavy (non-hydrogen) atoms. The molecule has 1 aliphatic rings. The van der Waals surface area contributed by atoms with E-state index in [2.05, 4.69) is 15.5 Å². The van der Waals surface area contributed by atoms with Gasteiger partial charge >= 0.3 is 0 Å². The normalized spacial score (nSPS) is 13.7. The Bertz CT molecular complexity index is 947. The van der Waals surface area contributed by atoms with Crippen LogP contribution in [0.1, 0.15) is 23.7 Å². The summed E-state index contributed by atoms with van der Waals surface area (Å²) in [6, 6.07) is 10.6. The molecule has 0 spiro atoms. The molecule has 0 saturated carbocycles. The Morgan fingerprint density at radius 1 is 1.10 bits per heavy atom. The summed E-state index contributed by atoms with van der Waals surface area (Å²) >= 11 is 11.6. The van der Waals surface area contributed by atoms with Crippen molar-refractivity contribution in [2.45, 2.75) is 13.3 Å². The van der Waals surface area contributed by atoms with Gasteiger partial charge in [0.1, 0.15) is 5.82 Å². The summed E-state index contributed by atoms with van der Waals surface area (Å²) < 4.78 is 13.0. The summed E-state index contributed by atoms with van der Waals surface area (Å²) in [6.45, 7) is 4.63. The largest absolute Gasteiger partial charge is 0.367 e. The van der Waals surface area contributed by atoms with Crippen LogP contribution in [0, 0.1) is 5.82 Å². The van der Waals surface area contributed by atoms with Gasteiger partial charge in [0.2, 0.25) is 5.91 Å². The first kappa shape index (κ1) is 22.0. The van der Waals surface area contributed by atoms with Crippen molar-refractivity contribution in [2.75, 3.05) is 36.4 Å². The van der Waals surface area contributed by atoms with E-state index >= 15 is 0 Å². The molecule has 0 aromatic heterocycles. The van der Waals surface area contributed by atoms with E-state index in [1.54, 1.807) is 6.07 Å². The fourth-order valence-corrected chi connectivity index (χ4v) is 3.71. The van der Waals surface area contributed by atoms with Crippen molar-refractivity contribution in [1.82, 2.24) is 10.2 Å². The third-order valence-electron chi connectivity index (χ3n) is 4.81. The molecule has 1 fully saturated rings. The van der Waals surface area contributed by atoms with Crippen molar-refractivity contribution in [1.29, 1.82) is 0 Å². The number of hydrogen-bond acceptors (Lipinski definition) is 4. The van der Waals surface area contributed by atoms with E-state index in [0.717, 1.165) is 5.69 Å². The second-order valence-electron chi connectivity index (χ2n) is 6.80. The van der Waals surface area contributed by atoms with Gasteiger partial charge < -0.3 is 15.1 Å². The number of piperazine rings is 1. The Morgan fingerprint density at radius 3 is 2.37 bits per heavy atom. The van der Waals surface area contributed by atoms with Crippen LogP contribution >= 0.6 is 23.8 Å². The van der Waals surface area contributed by atoms with Crippen LogP contribution in [0.2, 0.25) is 5.02 Å². The second kappa shape index (κ2) is 9.86. The van der Waals surface area contributed by atoms with Gasteiger partial charge in [0.15, 0.2) is 5.11 Å². The molecule has 9 heteroatoms. The van der Waals surface area contributed by atoms with Crippen LogP contribution in [-0.4, -0.2) is 48.0 Å². The summed E-state index contributed by atoms with van der Waals surface area (Å²) in [5.41, 5.74) is 1.81. The number of nitrogens with one attached hydrogen (secondary N) is 2. The Morgan fingerprint density at radius 2 is 1.77 bits per heavy atom. The molecule has 158 valence electrons. The molecule has 3 rings (SSSR count). The lowest BCUT2D eigenvalue weighted by molar-refractivity contribution is -0.131. The zero-order valence-corrected chi connectivity index (χ0v) is 18.0. The zero-order chi connectivity index (χ0) is 21.7. The Balaban J connectivity index is 1.57. The van der Waals surface area contributed by atoms with Crippen molar-refractivity contribution < 1.29 is 14.0 Å². The Labute approximate surface area is 185 Å². The SMILES string of the molecule is CCC(=O)N1CCN(c2ccc(NC(=S)NC(=O)c3ccc(F)cc3)cc2Cl)CC1. The summed E-state index contributed by atoms with van der Waals surface area (Å²) in [5, 5.41) is 6.13. The lowest BCUT2D eigenvalue weighted by Gasteiger charge is -2.36. The van der Waals surface area contributed by atoms with Crippen LogP contribution in [0.15, 0.2) is 42.5 Å². The monoisotopic (exact) mass is 448 g/mol. The lowest BCUT2D eigenvalue weighted by Crippen LogP contribution is -2.48. The van der Waals surface area contributed by atoms with Crippen molar-refractivity contribution in [3.8, 4) is 0 Å². The van der Waals surface area contributed by atoms with Crippen molar-refractivity contribution in [2.24, 2.45) is 0 Å². The molecule has 1 saturated heterocycles. The number of carbonyl (C=O) groups excluding carboxylic acids is 2. The summed E-state index contributed by atoms with van der Waals surface area (Å²) in [6.07, 6.45) is 0.513. The van der Waals surface area contributed by atoms with Gasteiger partial charge in [0.05, 0.1) is 10.7 Å². The molecular formula is C21H22ClFN4O2S. The number of anilines is 2. The minimum atomic E-state index is -0.435. The number of carbonyl (C=O) groups is 2. The molecule has 2 N–H and O–H groups in total. The Hall–Kier alpha value is -2.71. The van der Waals surface area contributed by atoms with Gasteiger partial charge in [-0.15, -0.1) is 0 Å². The van der Waals surface area contributed by atoms with Gasteiger partial charge in [-0.3, -0.25) is 14.9 Å². The predicted molar refractivity (Wildman–Crippen MR) is 121 cm³/mol. The standard InChI is InChI=1S/C21H22ClFN4O2S/c1-2-19(28)27-11-9-26(10-12-27)18-8-7-16(13-17(18)22)24-21(30)25-20(29)14-3-5-15(23)6-4-14/h3-8,13H,2,9-12H2,1H3,(H2,24,25,29,30). The van der Waals surface area contributed by atoms with E-state index in [9.17, 15) is 14.0 Å². The van der Waals surface area contributed by atoms with E-state index in [0.29, 0.717) is 48.9 Å². The number of rotatable bonds is 4. The fraction of sp³-hybridized carbons (Fsp3) is 0.286. The smallest absolute Gasteiger partial charge is 0.257 e. The van der Waals surface area contributed by atoms with Crippen LogP contribution in [0.5, 0.6) is 0 Å². The molecule has 1 aliphatic heterocycles. The highest BCUT2D eigenvalue weighted by molar-refractivity contribution is 7.80. The highest BCUT2D eigenvalue weighted by Crippen LogP contribution is 2.29. The number of nitrogens with zero attached hydrogens (tertiary/aromatic N) is 2. The van der Waals surface area contributed by atoms with Gasteiger partial charge in [-0.1, -0.05) is 18.5 Å². The van der Waals surface area contributed by atoms with Gasteiger partial charge in [-0.05, 0) is 54.7 Å². The summed E-state index contributed by atoms with van der Waals surface area (Å²) in [4.78, 5) is 28.0. The minimum Gasteiger partial charge on any atom is -0.367 e. The molecule has 2 aromatic rings. The average molecular weight is 449 g/mol. The fourth-order valence-electron chi connectivity index (χ4n) is 3.20. The first-order valence-electron chi connectivity index (χ1n) is 9.57. The maximum absolute atomic E-state index is 13.0. The zero-order valence-electron chi connectivity index (χ0n) is 16.5. The summed E-state index contributed by atoms with van der Waals surface area (Å²) in [5.74, 6) is -0.688. The molecule has 0 radical (unpaired) electrons. The molecule has 2 aromatic carbocycles. The maximum atomic E-state index is 13.0. The predicted octanol–water partition coefficient (Wildman–Crippen LogP) is 3.66. The molecule has 0 aliphatic carbocycles. The molecule has 0 unspecified atom stereocenters. The highest BCUT2D eigenvalue weighted by Gasteiger charge is 2.21. The van der Waals surface area contributed by atoms with Crippen molar-refractivity contribution >= 4 is 52.1 Å². The van der Waals surface area contributed by atoms with Crippen molar-refractivity contribution in [3.05, 3.63) is 58.9 Å². The molecular weight excluding hydrogens is 427 g/mol. The van der Waals surface area contributed by atoms with E-state index in [-0.39, 0.29) is 11.0 Å². The third-order valence-corrected chi connectivity index (χ3v) is 5.32. The lowest BCUT2D eigenvalue weighted by atomic mass is 10.2. The highest BCUT2D eigenvalue weighted by atomic mass is 35.5. The molecule has 1 heterocycles. The van der Waals surface area contributed by atoms with E-state index < -0.39 is 11.7 Å². The Kier molecular flexibility index (Phi) is 7.23. The van der Waals surface area contributed by atoms with Crippen LogP contribution in [0.4, 0.5) is 15.8 Å². The number of amides is 2. The molecule has 0 bridgehead atoms. The summed E-state index contributed by atoms with van der Waals surface area (Å²) in [7, 11) is 0. The van der Waals surface area contributed by atoms with Crippen LogP contribution in [0.3, 0.4) is 0 Å². The van der Waals surface area contributed by atoms with E-state index in [4.69, 9.17) is 23.8 Å². The number of benzene rings is 2. The van der Waals surface area contributed by atoms with Crippen LogP contribution in [-0.2, 0) is 4.79 Å². The van der Waals surface area contributed by atoms with Gasteiger partial charge in [0.25, 0.3) is 5.91 Å². The first-order valence-corrected chi connectivity index (χ1v) is 10.4. The number of halogens is 2. The molecule has 6 nitrogen and oxygen atoms in total. The average Bonchev–Trinajstić information content (AvgIpc) is 2.74. The van der Waals surface area contributed by atoms with E-state index in [1.807, 2.05) is 24.0 Å².